The number of nitrogens with zero attached hydrogens (tertiary/aromatic N) is 3. The summed E-state index contributed by atoms with van der Waals surface area (Å²) in [5, 5.41) is 11.3. The molecule has 0 saturated carbocycles. The number of aryl methyl sites for hydroxylation is 1. The smallest absolute Gasteiger partial charge is 0.153 e. The van der Waals surface area contributed by atoms with E-state index in [4.69, 9.17) is 9.97 Å². The summed E-state index contributed by atoms with van der Waals surface area (Å²) in [5.74, 6) is 0.673. The van der Waals surface area contributed by atoms with Crippen LogP contribution in [-0.2, 0) is 0 Å². The molecule has 5 rings (SSSR count). The Labute approximate surface area is 183 Å². The van der Waals surface area contributed by atoms with Crippen LogP contribution in [0.25, 0.3) is 10.9 Å². The van der Waals surface area contributed by atoms with Crippen LogP contribution in [0.2, 0.25) is 0 Å². The summed E-state index contributed by atoms with van der Waals surface area (Å²) in [6, 6.07) is 22.0. The Balaban J connectivity index is 1.69. The molecule has 0 amide bonds. The summed E-state index contributed by atoms with van der Waals surface area (Å²) in [6.07, 6.45) is 0. The third-order valence-corrected chi connectivity index (χ3v) is 5.24. The van der Waals surface area contributed by atoms with E-state index in [0.717, 1.165) is 27.7 Å². The van der Waals surface area contributed by atoms with Crippen LogP contribution in [0.5, 0.6) is 0 Å². The molecule has 0 unspecified atom stereocenters. The molecule has 2 aromatic heterocycles. The molecule has 2 N–H and O–H groups in total. The average Bonchev–Trinajstić information content (AvgIpc) is 3.21. The van der Waals surface area contributed by atoms with Gasteiger partial charge in [-0.3, -0.25) is 5.10 Å². The summed E-state index contributed by atoms with van der Waals surface area (Å²) in [5.41, 5.74) is 3.27. The van der Waals surface area contributed by atoms with Crippen LogP contribution in [0, 0.1) is 18.6 Å². The lowest BCUT2D eigenvalue weighted by Crippen LogP contribution is -2.10. The molecule has 0 atom stereocenters. The fourth-order valence-electron chi connectivity index (χ4n) is 3.72. The standard InChI is InChI=1S/C25H19F2N5/c1-15-14-22(32-31-15)29-24-20-4-2-3-5-21(20)28-25(30-24)23(16-6-10-18(26)11-7-16)17-8-12-19(27)13-9-17/h2-14,23H,1H3,(H2,28,29,30,31,32). The summed E-state index contributed by atoms with van der Waals surface area (Å²) in [6.45, 7) is 1.92. The molecule has 2 heterocycles. The quantitative estimate of drug-likeness (QED) is 0.369. The third kappa shape index (κ3) is 3.92. The number of aromatic nitrogens is 4. The molecule has 3 aromatic carbocycles. The van der Waals surface area contributed by atoms with E-state index in [1.807, 2.05) is 37.3 Å². The first-order valence-electron chi connectivity index (χ1n) is 10.1. The van der Waals surface area contributed by atoms with Gasteiger partial charge in [0.25, 0.3) is 0 Å². The topological polar surface area (TPSA) is 66.5 Å². The largest absolute Gasteiger partial charge is 0.323 e. The number of para-hydroxylation sites is 1. The SMILES string of the molecule is Cc1cc(Nc2nc(C(c3ccc(F)cc3)c3ccc(F)cc3)nc3ccccc23)n[nH]1. The first-order chi connectivity index (χ1) is 15.6. The van der Waals surface area contributed by atoms with Gasteiger partial charge in [-0.25, -0.2) is 18.7 Å². The molecule has 0 fully saturated rings. The summed E-state index contributed by atoms with van der Waals surface area (Å²) >= 11 is 0. The Hall–Kier alpha value is -4.13. The van der Waals surface area contributed by atoms with Gasteiger partial charge in [0.05, 0.1) is 11.4 Å². The molecule has 0 spiro atoms. The van der Waals surface area contributed by atoms with Gasteiger partial charge in [0.2, 0.25) is 0 Å². The van der Waals surface area contributed by atoms with Crippen LogP contribution in [0.15, 0.2) is 78.9 Å². The zero-order valence-electron chi connectivity index (χ0n) is 17.2. The van der Waals surface area contributed by atoms with E-state index in [2.05, 4.69) is 15.5 Å². The van der Waals surface area contributed by atoms with Crippen molar-refractivity contribution in [3.05, 3.63) is 113 Å². The van der Waals surface area contributed by atoms with E-state index < -0.39 is 5.92 Å². The molecular formula is C25H19F2N5. The number of fused-ring (bicyclic) bond motifs is 1. The van der Waals surface area contributed by atoms with Crippen LogP contribution in [0.3, 0.4) is 0 Å². The maximum atomic E-state index is 13.6. The maximum absolute atomic E-state index is 13.6. The van der Waals surface area contributed by atoms with E-state index in [-0.39, 0.29) is 11.6 Å². The lowest BCUT2D eigenvalue weighted by Gasteiger charge is -2.19. The second-order valence-corrected chi connectivity index (χ2v) is 7.54. The second kappa shape index (κ2) is 8.19. The van der Waals surface area contributed by atoms with Crippen molar-refractivity contribution in [2.24, 2.45) is 0 Å². The molecule has 5 aromatic rings. The third-order valence-electron chi connectivity index (χ3n) is 5.24. The van der Waals surface area contributed by atoms with Crippen LogP contribution in [0.4, 0.5) is 20.4 Å². The van der Waals surface area contributed by atoms with Crippen LogP contribution < -0.4 is 5.32 Å². The Morgan fingerprint density at radius 2 is 1.44 bits per heavy atom. The van der Waals surface area contributed by atoms with Gasteiger partial charge in [-0.1, -0.05) is 36.4 Å². The fraction of sp³-hybridized carbons (Fsp3) is 0.0800. The van der Waals surface area contributed by atoms with Gasteiger partial charge in [-0.2, -0.15) is 5.10 Å². The van der Waals surface area contributed by atoms with E-state index in [1.165, 1.54) is 24.3 Å². The predicted molar refractivity (Wildman–Crippen MR) is 120 cm³/mol. The molecule has 32 heavy (non-hydrogen) atoms. The highest BCUT2D eigenvalue weighted by Crippen LogP contribution is 2.33. The maximum Gasteiger partial charge on any atom is 0.153 e. The van der Waals surface area contributed by atoms with Crippen molar-refractivity contribution in [2.75, 3.05) is 5.32 Å². The molecule has 0 aliphatic heterocycles. The van der Waals surface area contributed by atoms with E-state index in [1.54, 1.807) is 24.3 Å². The first-order valence-corrected chi connectivity index (χ1v) is 10.1. The number of halogens is 2. The van der Waals surface area contributed by atoms with Crippen molar-refractivity contribution in [1.82, 2.24) is 20.2 Å². The summed E-state index contributed by atoms with van der Waals surface area (Å²) < 4.78 is 27.2. The molecule has 0 saturated heterocycles. The van der Waals surface area contributed by atoms with Crippen molar-refractivity contribution >= 4 is 22.5 Å². The van der Waals surface area contributed by atoms with Crippen molar-refractivity contribution in [3.8, 4) is 0 Å². The number of anilines is 2. The van der Waals surface area contributed by atoms with Gasteiger partial charge in [0.1, 0.15) is 23.3 Å². The number of aromatic amines is 1. The van der Waals surface area contributed by atoms with Gasteiger partial charge in [0, 0.05) is 17.1 Å². The van der Waals surface area contributed by atoms with Crippen LogP contribution >= 0.6 is 0 Å². The van der Waals surface area contributed by atoms with Gasteiger partial charge < -0.3 is 5.32 Å². The summed E-state index contributed by atoms with van der Waals surface area (Å²) in [4.78, 5) is 9.65. The molecular weight excluding hydrogens is 408 g/mol. The minimum atomic E-state index is -0.415. The van der Waals surface area contributed by atoms with Gasteiger partial charge in [0.15, 0.2) is 5.82 Å². The monoisotopic (exact) mass is 427 g/mol. The Kier molecular flexibility index (Phi) is 5.07. The van der Waals surface area contributed by atoms with Crippen molar-refractivity contribution in [2.45, 2.75) is 12.8 Å². The van der Waals surface area contributed by atoms with Gasteiger partial charge in [-0.05, 0) is 54.4 Å². The zero-order chi connectivity index (χ0) is 22.1. The molecule has 7 heteroatoms. The number of rotatable bonds is 5. The minimum Gasteiger partial charge on any atom is -0.323 e. The molecule has 0 radical (unpaired) electrons. The van der Waals surface area contributed by atoms with Crippen molar-refractivity contribution in [3.63, 3.8) is 0 Å². The number of nitrogens with one attached hydrogen (secondary N) is 2. The van der Waals surface area contributed by atoms with Gasteiger partial charge in [-0.15, -0.1) is 0 Å². The highest BCUT2D eigenvalue weighted by atomic mass is 19.1. The molecule has 0 aliphatic rings. The first kappa shape index (κ1) is 19.8. The Bertz CT molecular complexity index is 1330. The van der Waals surface area contributed by atoms with Crippen molar-refractivity contribution < 1.29 is 8.78 Å². The van der Waals surface area contributed by atoms with Gasteiger partial charge >= 0.3 is 0 Å². The van der Waals surface area contributed by atoms with E-state index >= 15 is 0 Å². The molecule has 0 aliphatic carbocycles. The van der Waals surface area contributed by atoms with Crippen LogP contribution in [-0.4, -0.2) is 20.2 Å². The summed E-state index contributed by atoms with van der Waals surface area (Å²) in [7, 11) is 0. The lowest BCUT2D eigenvalue weighted by molar-refractivity contribution is 0.625. The zero-order valence-corrected chi connectivity index (χ0v) is 17.2. The minimum absolute atomic E-state index is 0.331. The lowest BCUT2D eigenvalue weighted by atomic mass is 9.90. The predicted octanol–water partition coefficient (Wildman–Crippen LogP) is 5.86. The number of H-pyrrole nitrogens is 1. The van der Waals surface area contributed by atoms with Crippen molar-refractivity contribution in [1.29, 1.82) is 0 Å². The van der Waals surface area contributed by atoms with E-state index in [0.29, 0.717) is 17.5 Å². The average molecular weight is 427 g/mol. The molecule has 5 nitrogen and oxygen atoms in total. The Morgan fingerprint density at radius 3 is 2.03 bits per heavy atom. The highest BCUT2D eigenvalue weighted by Gasteiger charge is 2.22. The normalized spacial score (nSPS) is 11.2. The van der Waals surface area contributed by atoms with E-state index in [9.17, 15) is 8.78 Å². The Morgan fingerprint density at radius 1 is 0.812 bits per heavy atom. The second-order valence-electron chi connectivity index (χ2n) is 7.54. The van der Waals surface area contributed by atoms with Crippen LogP contribution in [0.1, 0.15) is 28.6 Å². The molecule has 158 valence electrons. The number of hydrogen-bond donors (Lipinski definition) is 2. The molecule has 0 bridgehead atoms. The number of hydrogen-bond acceptors (Lipinski definition) is 4. The highest BCUT2D eigenvalue weighted by molar-refractivity contribution is 5.90. The fourth-order valence-corrected chi connectivity index (χ4v) is 3.72. The number of benzene rings is 3.